The summed E-state index contributed by atoms with van der Waals surface area (Å²) >= 11 is 0. The molecule has 1 aromatic carbocycles. The van der Waals surface area contributed by atoms with Crippen LogP contribution < -0.4 is 10.9 Å². The third-order valence-corrected chi connectivity index (χ3v) is 7.32. The molecule has 2 heterocycles. The fourth-order valence-corrected chi connectivity index (χ4v) is 5.15. The van der Waals surface area contributed by atoms with E-state index >= 15 is 0 Å². The number of aryl methyl sites for hydroxylation is 1. The van der Waals surface area contributed by atoms with Gasteiger partial charge in [-0.05, 0) is 56.0 Å². The molecule has 10 nitrogen and oxygen atoms in total. The van der Waals surface area contributed by atoms with Crippen LogP contribution >= 0.6 is 0 Å². The minimum absolute atomic E-state index is 0.115. The Bertz CT molecular complexity index is 1130. The fourth-order valence-electron chi connectivity index (χ4n) is 3.63. The van der Waals surface area contributed by atoms with E-state index in [2.05, 4.69) is 15.8 Å². The first-order valence-corrected chi connectivity index (χ1v) is 11.6. The Kier molecular flexibility index (Phi) is 6.99. The minimum Gasteiger partial charge on any atom is -0.465 e. The molecule has 3 rings (SSSR count). The molecular weight excluding hydrogens is 436 g/mol. The van der Waals surface area contributed by atoms with E-state index in [4.69, 9.17) is 4.74 Å². The van der Waals surface area contributed by atoms with Crippen molar-refractivity contribution in [1.29, 1.82) is 0 Å². The van der Waals surface area contributed by atoms with Crippen LogP contribution in [0.25, 0.3) is 0 Å². The number of sulfonamides is 1. The van der Waals surface area contributed by atoms with E-state index in [1.54, 1.807) is 6.92 Å². The Hall–Kier alpha value is -3.18. The number of carbonyl (C=O) groups is 3. The van der Waals surface area contributed by atoms with Crippen LogP contribution in [0.5, 0.6) is 0 Å². The maximum atomic E-state index is 12.6. The highest BCUT2D eigenvalue weighted by atomic mass is 32.2. The third kappa shape index (κ3) is 4.53. The van der Waals surface area contributed by atoms with Crippen molar-refractivity contribution in [3.63, 3.8) is 0 Å². The lowest BCUT2D eigenvalue weighted by Crippen LogP contribution is -2.42. The van der Waals surface area contributed by atoms with Crippen LogP contribution in [0.4, 0.5) is 0 Å². The number of carbonyl (C=O) groups excluding carboxylic acids is 3. The van der Waals surface area contributed by atoms with Gasteiger partial charge in [0, 0.05) is 24.3 Å². The number of ether oxygens (including phenoxy) is 1. The monoisotopic (exact) mass is 462 g/mol. The topological polar surface area (TPSA) is 138 Å². The normalized spacial score (nSPS) is 14.2. The van der Waals surface area contributed by atoms with E-state index in [0.717, 1.165) is 12.8 Å². The molecule has 3 N–H and O–H groups in total. The van der Waals surface area contributed by atoms with E-state index in [-0.39, 0.29) is 16.2 Å². The smallest absolute Gasteiger partial charge is 0.339 e. The molecule has 172 valence electrons. The molecule has 0 atom stereocenters. The molecule has 32 heavy (non-hydrogen) atoms. The number of hydrogen-bond donors (Lipinski definition) is 3. The number of nitrogens with one attached hydrogen (secondary N) is 3. The summed E-state index contributed by atoms with van der Waals surface area (Å²) in [6.07, 6.45) is 2.15. The number of aromatic amines is 1. The van der Waals surface area contributed by atoms with Crippen molar-refractivity contribution >= 4 is 27.8 Å². The van der Waals surface area contributed by atoms with Crippen LogP contribution in [-0.2, 0) is 21.2 Å². The fraction of sp³-hybridized carbons (Fsp3) is 0.381. The predicted molar refractivity (Wildman–Crippen MR) is 116 cm³/mol. The molecular formula is C21H26N4O6S. The van der Waals surface area contributed by atoms with Crippen LogP contribution in [0.1, 0.15) is 62.2 Å². The number of methoxy groups -OCH3 is 1. The summed E-state index contributed by atoms with van der Waals surface area (Å²) in [5.41, 5.74) is 6.17. The highest BCUT2D eigenvalue weighted by Gasteiger charge is 2.27. The van der Waals surface area contributed by atoms with Gasteiger partial charge in [-0.3, -0.25) is 20.4 Å². The second-order valence-corrected chi connectivity index (χ2v) is 9.31. The van der Waals surface area contributed by atoms with E-state index < -0.39 is 27.8 Å². The molecule has 1 aliphatic rings. The molecule has 0 aliphatic carbocycles. The lowest BCUT2D eigenvalue weighted by Gasteiger charge is -2.15. The van der Waals surface area contributed by atoms with Gasteiger partial charge in [0.2, 0.25) is 10.0 Å². The van der Waals surface area contributed by atoms with E-state index in [1.807, 2.05) is 6.92 Å². The van der Waals surface area contributed by atoms with Gasteiger partial charge in [-0.1, -0.05) is 6.92 Å². The van der Waals surface area contributed by atoms with Crippen LogP contribution in [0.3, 0.4) is 0 Å². The van der Waals surface area contributed by atoms with Crippen molar-refractivity contribution in [1.82, 2.24) is 20.1 Å². The molecule has 0 unspecified atom stereocenters. The number of hydrazine groups is 1. The zero-order valence-electron chi connectivity index (χ0n) is 18.1. The number of H-pyrrole nitrogens is 1. The van der Waals surface area contributed by atoms with Crippen LogP contribution in [-0.4, -0.2) is 55.7 Å². The summed E-state index contributed by atoms with van der Waals surface area (Å²) in [6.45, 7) is 4.42. The van der Waals surface area contributed by atoms with E-state index in [0.29, 0.717) is 36.3 Å². The summed E-state index contributed by atoms with van der Waals surface area (Å²) in [7, 11) is -2.31. The molecule has 0 radical (unpaired) electrons. The van der Waals surface area contributed by atoms with Gasteiger partial charge in [0.05, 0.1) is 17.6 Å². The van der Waals surface area contributed by atoms with Crippen LogP contribution in [0, 0.1) is 6.92 Å². The largest absolute Gasteiger partial charge is 0.465 e. The average Bonchev–Trinajstić information content (AvgIpc) is 3.45. The molecule has 11 heteroatoms. The number of hydrogen-bond acceptors (Lipinski definition) is 6. The molecule has 1 saturated heterocycles. The van der Waals surface area contributed by atoms with Gasteiger partial charge >= 0.3 is 5.97 Å². The summed E-state index contributed by atoms with van der Waals surface area (Å²) in [5.74, 6) is -1.80. The third-order valence-electron chi connectivity index (χ3n) is 5.41. The van der Waals surface area contributed by atoms with Crippen LogP contribution in [0.2, 0.25) is 0 Å². The highest BCUT2D eigenvalue weighted by molar-refractivity contribution is 7.89. The van der Waals surface area contributed by atoms with Gasteiger partial charge in [-0.15, -0.1) is 0 Å². The van der Waals surface area contributed by atoms with Crippen molar-refractivity contribution in [2.45, 2.75) is 38.0 Å². The van der Waals surface area contributed by atoms with Crippen molar-refractivity contribution < 1.29 is 27.5 Å². The lowest BCUT2D eigenvalue weighted by molar-refractivity contribution is 0.0598. The van der Waals surface area contributed by atoms with Gasteiger partial charge in [0.1, 0.15) is 5.69 Å². The van der Waals surface area contributed by atoms with Crippen molar-refractivity contribution in [3.8, 4) is 0 Å². The van der Waals surface area contributed by atoms with E-state index in [9.17, 15) is 22.8 Å². The molecule has 1 aliphatic heterocycles. The van der Waals surface area contributed by atoms with Gasteiger partial charge in [-0.25, -0.2) is 13.2 Å². The van der Waals surface area contributed by atoms with Crippen molar-refractivity contribution in [2.75, 3.05) is 20.2 Å². The first-order valence-electron chi connectivity index (χ1n) is 10.2. The van der Waals surface area contributed by atoms with Crippen molar-refractivity contribution in [2.24, 2.45) is 0 Å². The summed E-state index contributed by atoms with van der Waals surface area (Å²) in [6, 6.07) is 5.51. The van der Waals surface area contributed by atoms with Crippen LogP contribution in [0.15, 0.2) is 29.2 Å². The lowest BCUT2D eigenvalue weighted by atomic mass is 10.1. The molecule has 0 spiro atoms. The quantitative estimate of drug-likeness (QED) is 0.440. The number of aromatic nitrogens is 1. The van der Waals surface area contributed by atoms with Gasteiger partial charge in [-0.2, -0.15) is 4.31 Å². The second-order valence-electron chi connectivity index (χ2n) is 7.37. The molecule has 1 fully saturated rings. The average molecular weight is 463 g/mol. The Morgan fingerprint density at radius 1 is 1.06 bits per heavy atom. The number of rotatable bonds is 6. The molecule has 2 amide bonds. The Balaban J connectivity index is 1.68. The minimum atomic E-state index is -3.57. The maximum absolute atomic E-state index is 12.6. The summed E-state index contributed by atoms with van der Waals surface area (Å²) < 4.78 is 31.3. The Labute approximate surface area is 186 Å². The number of esters is 1. The zero-order valence-corrected chi connectivity index (χ0v) is 19.0. The highest BCUT2D eigenvalue weighted by Crippen LogP contribution is 2.22. The Morgan fingerprint density at radius 3 is 2.22 bits per heavy atom. The molecule has 0 bridgehead atoms. The Morgan fingerprint density at radius 2 is 1.66 bits per heavy atom. The summed E-state index contributed by atoms with van der Waals surface area (Å²) in [4.78, 5) is 39.9. The zero-order chi connectivity index (χ0) is 23.5. The predicted octanol–water partition coefficient (Wildman–Crippen LogP) is 1.53. The SMILES string of the molecule is CCc1[nH]c(C(=O)NNC(=O)c2ccc(S(=O)(=O)N3CCCC3)cc2)c(C)c1C(=O)OC. The first kappa shape index (κ1) is 23.5. The second kappa shape index (κ2) is 9.53. The van der Waals surface area contributed by atoms with Crippen molar-refractivity contribution in [3.05, 3.63) is 52.3 Å². The molecule has 0 saturated carbocycles. The standard InChI is InChI=1S/C21H26N4O6S/c1-4-16-17(21(28)31-3)13(2)18(22-16)20(27)24-23-19(26)14-7-9-15(10-8-14)32(29,30)25-11-5-6-12-25/h7-10,22H,4-6,11-12H2,1-3H3,(H,23,26)(H,24,27). The van der Waals surface area contributed by atoms with Gasteiger partial charge in [0.25, 0.3) is 11.8 Å². The first-order chi connectivity index (χ1) is 15.2. The maximum Gasteiger partial charge on any atom is 0.339 e. The van der Waals surface area contributed by atoms with E-state index in [1.165, 1.54) is 35.7 Å². The van der Waals surface area contributed by atoms with Gasteiger partial charge < -0.3 is 9.72 Å². The number of nitrogens with zero attached hydrogens (tertiary/aromatic N) is 1. The number of benzene rings is 1. The summed E-state index contributed by atoms with van der Waals surface area (Å²) in [5, 5.41) is 0. The molecule has 1 aromatic heterocycles. The van der Waals surface area contributed by atoms with Gasteiger partial charge in [0.15, 0.2) is 0 Å². The molecule has 2 aromatic rings. The number of amides is 2.